The van der Waals surface area contributed by atoms with E-state index in [1.165, 1.54) is 5.56 Å². The third-order valence-corrected chi connectivity index (χ3v) is 4.54. The molecule has 3 aromatic rings. The molecular weight excluding hydrogens is 330 g/mol. The molecule has 0 aliphatic heterocycles. The van der Waals surface area contributed by atoms with Gasteiger partial charge in [0.05, 0.1) is 12.6 Å². The minimum Gasteiger partial charge on any atom is -0.494 e. The lowest BCUT2D eigenvalue weighted by Crippen LogP contribution is -2.08. The first-order valence-electron chi connectivity index (χ1n) is 8.65. The Labute approximate surface area is 153 Å². The van der Waals surface area contributed by atoms with Crippen molar-refractivity contribution < 1.29 is 4.74 Å². The maximum atomic E-state index is 5.73. The predicted octanol–water partition coefficient (Wildman–Crippen LogP) is 5.40. The SMILES string of the molecule is CCCCOc1ccc(-c2n[nH]c(=S)n2[C@@H](C)c2ccccc2)cc1. The van der Waals surface area contributed by atoms with Crippen molar-refractivity contribution in [2.75, 3.05) is 6.61 Å². The van der Waals surface area contributed by atoms with E-state index < -0.39 is 0 Å². The van der Waals surface area contributed by atoms with Crippen molar-refractivity contribution in [3.8, 4) is 17.1 Å². The zero-order valence-corrected chi connectivity index (χ0v) is 15.4. The summed E-state index contributed by atoms with van der Waals surface area (Å²) in [7, 11) is 0. The summed E-state index contributed by atoms with van der Waals surface area (Å²) in [6.45, 7) is 5.04. The van der Waals surface area contributed by atoms with Gasteiger partial charge in [-0.3, -0.25) is 9.67 Å². The molecule has 0 saturated carbocycles. The van der Waals surface area contributed by atoms with Crippen LogP contribution >= 0.6 is 12.2 Å². The third kappa shape index (κ3) is 3.99. The number of hydrogen-bond acceptors (Lipinski definition) is 3. The van der Waals surface area contributed by atoms with Gasteiger partial charge in [-0.25, -0.2) is 0 Å². The maximum absolute atomic E-state index is 5.73. The zero-order chi connectivity index (χ0) is 17.6. The molecule has 1 aromatic heterocycles. The molecule has 0 saturated heterocycles. The van der Waals surface area contributed by atoms with E-state index >= 15 is 0 Å². The quantitative estimate of drug-likeness (QED) is 0.457. The second kappa shape index (κ2) is 8.12. The molecule has 0 bridgehead atoms. The minimum atomic E-state index is 0.0999. The Hall–Kier alpha value is -2.40. The van der Waals surface area contributed by atoms with Gasteiger partial charge in [-0.1, -0.05) is 43.7 Å². The highest BCUT2D eigenvalue weighted by atomic mass is 32.1. The summed E-state index contributed by atoms with van der Waals surface area (Å²) in [6.07, 6.45) is 2.19. The van der Waals surface area contributed by atoms with Crippen molar-refractivity contribution in [2.45, 2.75) is 32.7 Å². The molecule has 25 heavy (non-hydrogen) atoms. The lowest BCUT2D eigenvalue weighted by atomic mass is 10.1. The third-order valence-electron chi connectivity index (χ3n) is 4.25. The van der Waals surface area contributed by atoms with Gasteiger partial charge in [0.15, 0.2) is 10.6 Å². The van der Waals surface area contributed by atoms with Crippen LogP contribution in [0.25, 0.3) is 11.4 Å². The van der Waals surface area contributed by atoms with Crippen molar-refractivity contribution >= 4 is 12.2 Å². The van der Waals surface area contributed by atoms with Crippen LogP contribution in [0.4, 0.5) is 0 Å². The molecule has 0 amide bonds. The summed E-state index contributed by atoms with van der Waals surface area (Å²) in [5, 5.41) is 7.37. The summed E-state index contributed by atoms with van der Waals surface area (Å²) in [6, 6.07) is 18.4. The smallest absolute Gasteiger partial charge is 0.196 e. The topological polar surface area (TPSA) is 42.8 Å². The van der Waals surface area contributed by atoms with Crippen LogP contribution in [-0.2, 0) is 0 Å². The fourth-order valence-electron chi connectivity index (χ4n) is 2.78. The van der Waals surface area contributed by atoms with Gasteiger partial charge in [0, 0.05) is 5.56 Å². The molecule has 1 heterocycles. The van der Waals surface area contributed by atoms with E-state index in [1.807, 2.05) is 42.5 Å². The van der Waals surface area contributed by atoms with E-state index in [4.69, 9.17) is 17.0 Å². The van der Waals surface area contributed by atoms with Crippen molar-refractivity contribution in [3.63, 3.8) is 0 Å². The molecule has 3 rings (SSSR count). The lowest BCUT2D eigenvalue weighted by Gasteiger charge is -2.16. The second-order valence-corrected chi connectivity index (χ2v) is 6.42. The van der Waals surface area contributed by atoms with Gasteiger partial charge in [0.25, 0.3) is 0 Å². The maximum Gasteiger partial charge on any atom is 0.196 e. The molecule has 0 spiro atoms. The molecule has 0 unspecified atom stereocenters. The molecule has 0 radical (unpaired) electrons. The lowest BCUT2D eigenvalue weighted by molar-refractivity contribution is 0.309. The molecule has 0 aliphatic carbocycles. The number of ether oxygens (including phenoxy) is 1. The van der Waals surface area contributed by atoms with Crippen molar-refractivity contribution in [2.24, 2.45) is 0 Å². The normalized spacial score (nSPS) is 12.1. The molecular formula is C20H23N3OS. The Balaban J connectivity index is 1.87. The summed E-state index contributed by atoms with van der Waals surface area (Å²) in [5.41, 5.74) is 2.21. The Kier molecular flexibility index (Phi) is 5.66. The van der Waals surface area contributed by atoms with Gasteiger partial charge in [0.2, 0.25) is 0 Å². The van der Waals surface area contributed by atoms with Crippen LogP contribution in [0.5, 0.6) is 5.75 Å². The standard InChI is InChI=1S/C20H23N3OS/c1-3-4-14-24-18-12-10-17(11-13-18)19-21-22-20(25)23(19)15(2)16-8-6-5-7-9-16/h5-13,15H,3-4,14H2,1-2H3,(H,22,25)/t15-/m0/s1. The molecule has 4 nitrogen and oxygen atoms in total. The minimum absolute atomic E-state index is 0.0999. The number of aromatic nitrogens is 3. The van der Waals surface area contributed by atoms with E-state index in [0.29, 0.717) is 4.77 Å². The van der Waals surface area contributed by atoms with Gasteiger partial charge < -0.3 is 4.74 Å². The fraction of sp³-hybridized carbons (Fsp3) is 0.300. The Morgan fingerprint density at radius 1 is 1.12 bits per heavy atom. The average Bonchev–Trinajstić information content (AvgIpc) is 3.04. The molecule has 1 N–H and O–H groups in total. The van der Waals surface area contributed by atoms with Crippen LogP contribution in [0, 0.1) is 4.77 Å². The van der Waals surface area contributed by atoms with Crippen LogP contribution in [0.2, 0.25) is 0 Å². The molecule has 5 heteroatoms. The predicted molar refractivity (Wildman–Crippen MR) is 104 cm³/mol. The monoisotopic (exact) mass is 353 g/mol. The van der Waals surface area contributed by atoms with Crippen LogP contribution < -0.4 is 4.74 Å². The molecule has 130 valence electrons. The number of rotatable bonds is 7. The Morgan fingerprint density at radius 3 is 2.52 bits per heavy atom. The van der Waals surface area contributed by atoms with Crippen molar-refractivity contribution in [1.82, 2.24) is 14.8 Å². The van der Waals surface area contributed by atoms with Crippen LogP contribution in [0.15, 0.2) is 54.6 Å². The number of H-pyrrole nitrogens is 1. The highest BCUT2D eigenvalue weighted by Gasteiger charge is 2.16. The van der Waals surface area contributed by atoms with E-state index in [9.17, 15) is 0 Å². The van der Waals surface area contributed by atoms with Gasteiger partial charge in [-0.2, -0.15) is 5.10 Å². The van der Waals surface area contributed by atoms with E-state index in [0.717, 1.165) is 36.6 Å². The van der Waals surface area contributed by atoms with Gasteiger partial charge >= 0.3 is 0 Å². The average molecular weight is 353 g/mol. The fourth-order valence-corrected chi connectivity index (χ4v) is 3.07. The Morgan fingerprint density at radius 2 is 1.84 bits per heavy atom. The summed E-state index contributed by atoms with van der Waals surface area (Å²) in [5.74, 6) is 1.72. The van der Waals surface area contributed by atoms with Gasteiger partial charge in [-0.05, 0) is 55.4 Å². The van der Waals surface area contributed by atoms with Crippen LogP contribution in [-0.4, -0.2) is 21.4 Å². The van der Waals surface area contributed by atoms with Crippen LogP contribution in [0.1, 0.15) is 38.3 Å². The number of hydrogen-bond donors (Lipinski definition) is 1. The highest BCUT2D eigenvalue weighted by Crippen LogP contribution is 2.26. The number of nitrogens with one attached hydrogen (secondary N) is 1. The van der Waals surface area contributed by atoms with Crippen LogP contribution in [0.3, 0.4) is 0 Å². The largest absolute Gasteiger partial charge is 0.494 e. The number of unbranched alkanes of at least 4 members (excludes halogenated alkanes) is 1. The van der Waals surface area contributed by atoms with Crippen molar-refractivity contribution in [1.29, 1.82) is 0 Å². The van der Waals surface area contributed by atoms with E-state index in [2.05, 4.69) is 40.7 Å². The summed E-state index contributed by atoms with van der Waals surface area (Å²) < 4.78 is 8.41. The number of benzene rings is 2. The van der Waals surface area contributed by atoms with E-state index in [1.54, 1.807) is 0 Å². The summed E-state index contributed by atoms with van der Waals surface area (Å²) >= 11 is 5.47. The highest BCUT2D eigenvalue weighted by molar-refractivity contribution is 7.71. The van der Waals surface area contributed by atoms with Gasteiger partial charge in [-0.15, -0.1) is 0 Å². The second-order valence-electron chi connectivity index (χ2n) is 6.04. The van der Waals surface area contributed by atoms with E-state index in [-0.39, 0.29) is 6.04 Å². The molecule has 2 aromatic carbocycles. The first kappa shape index (κ1) is 17.4. The zero-order valence-electron chi connectivity index (χ0n) is 14.6. The first-order chi connectivity index (χ1) is 12.2. The molecule has 1 atom stereocenters. The molecule has 0 aliphatic rings. The Bertz CT molecular complexity index is 853. The molecule has 0 fully saturated rings. The van der Waals surface area contributed by atoms with Gasteiger partial charge in [0.1, 0.15) is 5.75 Å². The first-order valence-corrected chi connectivity index (χ1v) is 9.06. The number of aromatic amines is 1. The number of nitrogens with zero attached hydrogens (tertiary/aromatic N) is 2. The summed E-state index contributed by atoms with van der Waals surface area (Å²) in [4.78, 5) is 0. The van der Waals surface area contributed by atoms with Crippen molar-refractivity contribution in [3.05, 3.63) is 64.9 Å².